The van der Waals surface area contributed by atoms with Gasteiger partial charge in [0.05, 0.1) is 7.11 Å². The predicted molar refractivity (Wildman–Crippen MR) is 104 cm³/mol. The second-order valence-electron chi connectivity index (χ2n) is 5.04. The van der Waals surface area contributed by atoms with E-state index >= 15 is 0 Å². The highest BCUT2D eigenvalue weighted by molar-refractivity contribution is 7.71. The Kier molecular flexibility index (Phi) is 5.42. The van der Waals surface area contributed by atoms with Gasteiger partial charge in [0.1, 0.15) is 5.75 Å². The average Bonchev–Trinajstić information content (AvgIpc) is 3.00. The number of ether oxygens (including phenoxy) is 1. The number of aromatic nitrogens is 3. The molecule has 0 aliphatic rings. The maximum Gasteiger partial charge on any atom is 0.216 e. The number of benzene rings is 2. The van der Waals surface area contributed by atoms with Crippen molar-refractivity contribution in [1.82, 2.24) is 14.9 Å². The predicted octanol–water partition coefficient (Wildman–Crippen LogP) is 4.82. The summed E-state index contributed by atoms with van der Waals surface area (Å²) >= 11 is 11.2. The molecule has 1 aromatic heterocycles. The molecule has 1 N–H and O–H groups in total. The molecule has 0 bridgehead atoms. The Morgan fingerprint density at radius 1 is 1.20 bits per heavy atom. The third-order valence-corrected chi connectivity index (χ3v) is 3.95. The Bertz CT molecular complexity index is 973. The molecule has 0 fully saturated rings. The van der Waals surface area contributed by atoms with Crippen LogP contribution in [0.4, 0.5) is 0 Å². The van der Waals surface area contributed by atoms with E-state index in [2.05, 4.69) is 15.3 Å². The lowest BCUT2D eigenvalue weighted by Gasteiger charge is -2.02. The van der Waals surface area contributed by atoms with Crippen LogP contribution in [0.15, 0.2) is 59.7 Å². The molecule has 0 amide bonds. The Hall–Kier alpha value is -2.70. The molecule has 3 aromatic rings. The molecule has 0 radical (unpaired) electrons. The van der Waals surface area contributed by atoms with E-state index in [-0.39, 0.29) is 0 Å². The number of para-hydroxylation sites is 1. The van der Waals surface area contributed by atoms with Gasteiger partial charge in [-0.25, -0.2) is 5.10 Å². The van der Waals surface area contributed by atoms with Crippen LogP contribution in [0.2, 0.25) is 5.02 Å². The lowest BCUT2D eigenvalue weighted by Crippen LogP contribution is -1.93. The number of aromatic amines is 1. The molecule has 3 rings (SSSR count). The van der Waals surface area contributed by atoms with Gasteiger partial charge in [0.15, 0.2) is 5.82 Å². The summed E-state index contributed by atoms with van der Waals surface area (Å²) in [7, 11) is 1.64. The van der Waals surface area contributed by atoms with Crippen molar-refractivity contribution >= 4 is 36.1 Å². The smallest absolute Gasteiger partial charge is 0.216 e. The molecule has 0 spiro atoms. The fourth-order valence-corrected chi connectivity index (χ4v) is 2.55. The highest BCUT2D eigenvalue weighted by atomic mass is 35.5. The van der Waals surface area contributed by atoms with Gasteiger partial charge in [-0.05, 0) is 54.7 Å². The molecule has 0 aliphatic heterocycles. The number of hydrogen-bond donors (Lipinski definition) is 1. The number of nitrogens with zero attached hydrogens (tertiary/aromatic N) is 3. The summed E-state index contributed by atoms with van der Waals surface area (Å²) in [6.07, 6.45) is 5.38. The van der Waals surface area contributed by atoms with Crippen molar-refractivity contribution in [1.29, 1.82) is 0 Å². The van der Waals surface area contributed by atoms with Gasteiger partial charge < -0.3 is 4.74 Å². The van der Waals surface area contributed by atoms with Crippen molar-refractivity contribution in [3.05, 3.63) is 70.0 Å². The molecule has 0 atom stereocenters. The number of nitrogens with one attached hydrogen (secondary N) is 1. The normalized spacial score (nSPS) is 11.4. The van der Waals surface area contributed by atoms with Gasteiger partial charge in [0, 0.05) is 22.4 Å². The van der Waals surface area contributed by atoms with Crippen molar-refractivity contribution in [3.63, 3.8) is 0 Å². The number of methoxy groups -OCH3 is 1. The van der Waals surface area contributed by atoms with Crippen molar-refractivity contribution in [2.75, 3.05) is 7.11 Å². The van der Waals surface area contributed by atoms with Gasteiger partial charge in [-0.2, -0.15) is 14.9 Å². The standard InChI is InChI=1S/C18H15ClN4OS/c1-24-16-7-3-2-5-13(16)6-4-12-20-23-17(21-22-18(23)25)14-8-10-15(19)11-9-14/h2-12H,1H3,(H,22,25)/b6-4+,20-12?. The minimum absolute atomic E-state index is 0.409. The van der Waals surface area contributed by atoms with Crippen LogP contribution >= 0.6 is 23.8 Å². The van der Waals surface area contributed by atoms with Gasteiger partial charge >= 0.3 is 0 Å². The van der Waals surface area contributed by atoms with Crippen molar-refractivity contribution in [3.8, 4) is 17.1 Å². The molecule has 2 aromatic carbocycles. The Morgan fingerprint density at radius 2 is 1.96 bits per heavy atom. The van der Waals surface area contributed by atoms with Gasteiger partial charge in [-0.15, -0.1) is 0 Å². The Labute approximate surface area is 155 Å². The van der Waals surface area contributed by atoms with E-state index in [0.29, 0.717) is 15.6 Å². The minimum Gasteiger partial charge on any atom is -0.496 e. The molecule has 0 saturated carbocycles. The number of allylic oxidation sites excluding steroid dienone is 1. The average molecular weight is 371 g/mol. The van der Waals surface area contributed by atoms with Crippen LogP contribution < -0.4 is 4.74 Å². The van der Waals surface area contributed by atoms with Crippen LogP contribution in [0.25, 0.3) is 17.5 Å². The summed E-state index contributed by atoms with van der Waals surface area (Å²) in [4.78, 5) is 0. The molecule has 0 aliphatic carbocycles. The lowest BCUT2D eigenvalue weighted by molar-refractivity contribution is 0.414. The highest BCUT2D eigenvalue weighted by Crippen LogP contribution is 2.20. The fraction of sp³-hybridized carbons (Fsp3) is 0.0556. The zero-order valence-electron chi connectivity index (χ0n) is 13.4. The van der Waals surface area contributed by atoms with E-state index in [1.54, 1.807) is 30.1 Å². The molecule has 0 unspecified atom stereocenters. The molecular formula is C18H15ClN4OS. The van der Waals surface area contributed by atoms with E-state index in [0.717, 1.165) is 16.9 Å². The van der Waals surface area contributed by atoms with Crippen LogP contribution in [0, 0.1) is 4.77 Å². The highest BCUT2D eigenvalue weighted by Gasteiger charge is 2.07. The van der Waals surface area contributed by atoms with Gasteiger partial charge in [-0.3, -0.25) is 0 Å². The zero-order valence-corrected chi connectivity index (χ0v) is 15.0. The van der Waals surface area contributed by atoms with Crippen molar-refractivity contribution in [2.24, 2.45) is 5.10 Å². The largest absolute Gasteiger partial charge is 0.496 e. The molecule has 0 saturated heterocycles. The zero-order chi connectivity index (χ0) is 17.6. The molecule has 5 nitrogen and oxygen atoms in total. The van der Waals surface area contributed by atoms with E-state index in [1.807, 2.05) is 48.6 Å². The van der Waals surface area contributed by atoms with E-state index in [1.165, 1.54) is 0 Å². The van der Waals surface area contributed by atoms with Gasteiger partial charge in [-0.1, -0.05) is 29.8 Å². The molecular weight excluding hydrogens is 356 g/mol. The van der Waals surface area contributed by atoms with Crippen molar-refractivity contribution < 1.29 is 4.74 Å². The minimum atomic E-state index is 0.409. The summed E-state index contributed by atoms with van der Waals surface area (Å²) in [6, 6.07) is 15.1. The topological polar surface area (TPSA) is 55.2 Å². The third-order valence-electron chi connectivity index (χ3n) is 3.44. The van der Waals surface area contributed by atoms with E-state index in [4.69, 9.17) is 28.6 Å². The second-order valence-corrected chi connectivity index (χ2v) is 5.86. The van der Waals surface area contributed by atoms with Crippen LogP contribution in [0.5, 0.6) is 5.75 Å². The van der Waals surface area contributed by atoms with E-state index in [9.17, 15) is 0 Å². The summed E-state index contributed by atoms with van der Waals surface area (Å²) in [6.45, 7) is 0. The van der Waals surface area contributed by atoms with Crippen LogP contribution in [-0.4, -0.2) is 28.2 Å². The van der Waals surface area contributed by atoms with Crippen LogP contribution in [0.1, 0.15) is 5.56 Å². The van der Waals surface area contributed by atoms with Gasteiger partial charge in [0.2, 0.25) is 4.77 Å². The van der Waals surface area contributed by atoms with Gasteiger partial charge in [0.25, 0.3) is 0 Å². The first kappa shape index (κ1) is 17.1. The Balaban J connectivity index is 1.85. The van der Waals surface area contributed by atoms with Crippen LogP contribution in [0.3, 0.4) is 0 Å². The van der Waals surface area contributed by atoms with Crippen LogP contribution in [-0.2, 0) is 0 Å². The second kappa shape index (κ2) is 7.92. The first-order chi connectivity index (χ1) is 12.2. The quantitative estimate of drug-likeness (QED) is 0.517. The maximum atomic E-state index is 5.92. The summed E-state index contributed by atoms with van der Waals surface area (Å²) in [5, 5.41) is 12.0. The number of hydrogen-bond acceptors (Lipinski definition) is 4. The Morgan fingerprint density at radius 3 is 2.72 bits per heavy atom. The third kappa shape index (κ3) is 4.04. The molecule has 7 heteroatoms. The number of H-pyrrole nitrogens is 1. The number of halogens is 1. The first-order valence-electron chi connectivity index (χ1n) is 7.46. The summed E-state index contributed by atoms with van der Waals surface area (Å²) in [5.74, 6) is 1.41. The first-order valence-corrected chi connectivity index (χ1v) is 8.25. The SMILES string of the molecule is COc1ccccc1/C=C/C=Nn1c(-c2ccc(Cl)cc2)n[nH]c1=S. The van der Waals surface area contributed by atoms with E-state index < -0.39 is 0 Å². The molecule has 25 heavy (non-hydrogen) atoms. The monoisotopic (exact) mass is 370 g/mol. The fourth-order valence-electron chi connectivity index (χ4n) is 2.24. The van der Waals surface area contributed by atoms with Crippen molar-refractivity contribution in [2.45, 2.75) is 0 Å². The molecule has 1 heterocycles. The summed E-state index contributed by atoms with van der Waals surface area (Å²) in [5.41, 5.74) is 1.83. The summed E-state index contributed by atoms with van der Waals surface area (Å²) < 4.78 is 7.28. The lowest BCUT2D eigenvalue weighted by atomic mass is 10.2. The maximum absolute atomic E-state index is 5.92. The molecule has 126 valence electrons. The number of rotatable bonds is 5.